The summed E-state index contributed by atoms with van der Waals surface area (Å²) in [6.07, 6.45) is 8.42. The van der Waals surface area contributed by atoms with Crippen LogP contribution >= 0.6 is 0 Å². The van der Waals surface area contributed by atoms with E-state index in [9.17, 15) is 0 Å². The van der Waals surface area contributed by atoms with Crippen LogP contribution in [0, 0.1) is 11.8 Å². The first-order chi connectivity index (χ1) is 7.34. The van der Waals surface area contributed by atoms with Crippen molar-refractivity contribution in [1.29, 1.82) is 0 Å². The third-order valence-electron chi connectivity index (χ3n) is 4.05. The van der Waals surface area contributed by atoms with Crippen molar-refractivity contribution in [3.63, 3.8) is 0 Å². The highest BCUT2D eigenvalue weighted by Crippen LogP contribution is 2.29. The Hall–Kier alpha value is -0.0800. The van der Waals surface area contributed by atoms with Gasteiger partial charge in [-0.05, 0) is 31.2 Å². The van der Waals surface area contributed by atoms with Crippen molar-refractivity contribution in [2.24, 2.45) is 11.8 Å². The van der Waals surface area contributed by atoms with E-state index in [0.29, 0.717) is 6.04 Å². The minimum absolute atomic E-state index is 0.646. The number of ether oxygens (including phenoxy) is 1. The van der Waals surface area contributed by atoms with E-state index in [1.807, 2.05) is 0 Å². The maximum Gasteiger partial charge on any atom is 0.0620 e. The maximum absolute atomic E-state index is 5.35. The molecule has 1 aliphatic carbocycles. The third kappa shape index (κ3) is 3.76. The van der Waals surface area contributed by atoms with Crippen molar-refractivity contribution in [3.05, 3.63) is 0 Å². The van der Waals surface area contributed by atoms with Crippen molar-refractivity contribution in [2.45, 2.75) is 51.5 Å². The number of nitrogens with one attached hydrogen (secondary N) is 1. The highest BCUT2D eigenvalue weighted by atomic mass is 16.5. The van der Waals surface area contributed by atoms with Gasteiger partial charge in [-0.25, -0.2) is 0 Å². The Balaban J connectivity index is 1.53. The van der Waals surface area contributed by atoms with E-state index in [2.05, 4.69) is 12.2 Å². The molecule has 0 aromatic heterocycles. The fraction of sp³-hybridized carbons (Fsp3) is 1.00. The monoisotopic (exact) mass is 211 g/mol. The van der Waals surface area contributed by atoms with Crippen LogP contribution in [-0.2, 0) is 4.74 Å². The quantitative estimate of drug-likeness (QED) is 0.771. The molecule has 1 N–H and O–H groups in total. The van der Waals surface area contributed by atoms with Crippen LogP contribution in [-0.4, -0.2) is 25.8 Å². The Morgan fingerprint density at radius 3 is 2.60 bits per heavy atom. The Bertz CT molecular complexity index is 169. The van der Waals surface area contributed by atoms with Gasteiger partial charge in [0, 0.05) is 12.6 Å². The van der Waals surface area contributed by atoms with Gasteiger partial charge in [0.25, 0.3) is 0 Å². The average molecular weight is 211 g/mol. The van der Waals surface area contributed by atoms with Gasteiger partial charge in [0.15, 0.2) is 0 Å². The van der Waals surface area contributed by atoms with Crippen molar-refractivity contribution in [2.75, 3.05) is 19.8 Å². The minimum atomic E-state index is 0.646. The molecular formula is C13H25NO. The first-order valence-electron chi connectivity index (χ1n) is 6.65. The Morgan fingerprint density at radius 1 is 1.13 bits per heavy atom. The number of hydrogen-bond acceptors (Lipinski definition) is 2. The van der Waals surface area contributed by atoms with Crippen LogP contribution in [0.2, 0.25) is 0 Å². The lowest BCUT2D eigenvalue weighted by Crippen LogP contribution is -2.31. The molecule has 2 fully saturated rings. The van der Waals surface area contributed by atoms with E-state index in [4.69, 9.17) is 4.74 Å². The van der Waals surface area contributed by atoms with Crippen LogP contribution < -0.4 is 5.32 Å². The van der Waals surface area contributed by atoms with Gasteiger partial charge in [-0.3, -0.25) is 0 Å². The molecule has 1 heterocycles. The maximum atomic E-state index is 5.35. The second-order valence-corrected chi connectivity index (χ2v) is 5.43. The molecule has 15 heavy (non-hydrogen) atoms. The summed E-state index contributed by atoms with van der Waals surface area (Å²) in [5.41, 5.74) is 0. The van der Waals surface area contributed by atoms with Crippen LogP contribution in [0.15, 0.2) is 0 Å². The minimum Gasteiger partial charge on any atom is -0.380 e. The topological polar surface area (TPSA) is 21.3 Å². The second kappa shape index (κ2) is 5.86. The highest BCUT2D eigenvalue weighted by molar-refractivity contribution is 4.74. The van der Waals surface area contributed by atoms with Crippen LogP contribution in [0.3, 0.4) is 0 Å². The molecule has 1 saturated carbocycles. The predicted octanol–water partition coefficient (Wildman–Crippen LogP) is 2.58. The second-order valence-electron chi connectivity index (χ2n) is 5.43. The van der Waals surface area contributed by atoms with Crippen molar-refractivity contribution < 1.29 is 4.74 Å². The average Bonchev–Trinajstić information content (AvgIpc) is 2.74. The zero-order chi connectivity index (χ0) is 10.5. The van der Waals surface area contributed by atoms with Crippen LogP contribution in [0.1, 0.15) is 45.4 Å². The lowest BCUT2D eigenvalue weighted by Gasteiger charge is -2.26. The normalized spacial score (nSPS) is 37.0. The summed E-state index contributed by atoms with van der Waals surface area (Å²) in [5, 5.41) is 3.62. The summed E-state index contributed by atoms with van der Waals surface area (Å²) < 4.78 is 5.35. The first kappa shape index (κ1) is 11.4. The molecule has 2 aliphatic rings. The summed E-state index contributed by atoms with van der Waals surface area (Å²) >= 11 is 0. The highest BCUT2D eigenvalue weighted by Gasteiger charge is 2.19. The molecule has 0 radical (unpaired) electrons. The molecule has 1 saturated heterocycles. The molecule has 0 aromatic carbocycles. The smallest absolute Gasteiger partial charge is 0.0620 e. The largest absolute Gasteiger partial charge is 0.380 e. The van der Waals surface area contributed by atoms with Crippen molar-refractivity contribution in [1.82, 2.24) is 5.32 Å². The zero-order valence-corrected chi connectivity index (χ0v) is 10.0. The van der Waals surface area contributed by atoms with Crippen LogP contribution in [0.5, 0.6) is 0 Å². The number of hydrogen-bond donors (Lipinski definition) is 1. The van der Waals surface area contributed by atoms with Gasteiger partial charge in [0.2, 0.25) is 0 Å². The van der Waals surface area contributed by atoms with E-state index in [0.717, 1.165) is 25.0 Å². The predicted molar refractivity (Wildman–Crippen MR) is 63.0 cm³/mol. The van der Waals surface area contributed by atoms with E-state index in [1.54, 1.807) is 0 Å². The van der Waals surface area contributed by atoms with E-state index >= 15 is 0 Å². The first-order valence-corrected chi connectivity index (χ1v) is 6.65. The summed E-state index contributed by atoms with van der Waals surface area (Å²) in [5.74, 6) is 1.98. The number of rotatable bonds is 4. The summed E-state index contributed by atoms with van der Waals surface area (Å²) in [7, 11) is 0. The van der Waals surface area contributed by atoms with Crippen molar-refractivity contribution >= 4 is 0 Å². The summed E-state index contributed by atoms with van der Waals surface area (Å²) in [6, 6.07) is 0.646. The third-order valence-corrected chi connectivity index (χ3v) is 4.05. The van der Waals surface area contributed by atoms with E-state index in [1.165, 1.54) is 45.1 Å². The van der Waals surface area contributed by atoms with Gasteiger partial charge >= 0.3 is 0 Å². The Labute approximate surface area is 93.8 Å². The van der Waals surface area contributed by atoms with Gasteiger partial charge in [-0.1, -0.05) is 32.6 Å². The van der Waals surface area contributed by atoms with Gasteiger partial charge in [-0.15, -0.1) is 0 Å². The van der Waals surface area contributed by atoms with Crippen LogP contribution in [0.4, 0.5) is 0 Å². The molecule has 2 rings (SSSR count). The van der Waals surface area contributed by atoms with Crippen molar-refractivity contribution in [3.8, 4) is 0 Å². The zero-order valence-electron chi connectivity index (χ0n) is 10.0. The molecule has 1 atom stereocenters. The Morgan fingerprint density at radius 2 is 1.93 bits per heavy atom. The van der Waals surface area contributed by atoms with E-state index in [-0.39, 0.29) is 0 Å². The molecule has 2 heteroatoms. The fourth-order valence-corrected chi connectivity index (χ4v) is 2.80. The molecule has 1 unspecified atom stereocenters. The van der Waals surface area contributed by atoms with Gasteiger partial charge in [0.1, 0.15) is 0 Å². The van der Waals surface area contributed by atoms with Crippen LogP contribution in [0.25, 0.3) is 0 Å². The Kier molecular flexibility index (Phi) is 4.45. The summed E-state index contributed by atoms with van der Waals surface area (Å²) in [4.78, 5) is 0. The van der Waals surface area contributed by atoms with Gasteiger partial charge < -0.3 is 10.1 Å². The van der Waals surface area contributed by atoms with E-state index < -0.39 is 0 Å². The lowest BCUT2D eigenvalue weighted by atomic mass is 9.81. The standard InChI is InChI=1S/C13H25NO/c1-11-2-4-12(5-3-11)6-8-14-13-7-9-15-10-13/h11-14H,2-10H2,1H3. The molecule has 88 valence electrons. The molecule has 0 aromatic rings. The summed E-state index contributed by atoms with van der Waals surface area (Å²) in [6.45, 7) is 5.48. The SMILES string of the molecule is CC1CCC(CCNC2CCOC2)CC1. The molecule has 2 nitrogen and oxygen atoms in total. The molecule has 0 amide bonds. The fourth-order valence-electron chi connectivity index (χ4n) is 2.80. The molecular weight excluding hydrogens is 186 g/mol. The molecule has 0 bridgehead atoms. The lowest BCUT2D eigenvalue weighted by molar-refractivity contribution is 0.189. The van der Waals surface area contributed by atoms with Gasteiger partial charge in [-0.2, -0.15) is 0 Å². The molecule has 0 spiro atoms. The van der Waals surface area contributed by atoms with Gasteiger partial charge in [0.05, 0.1) is 6.61 Å². The molecule has 1 aliphatic heterocycles.